The fourth-order valence-corrected chi connectivity index (χ4v) is 15.9. The molecule has 0 fully saturated rings. The predicted octanol–water partition coefficient (Wildman–Crippen LogP) is 31.8. The van der Waals surface area contributed by atoms with Crippen LogP contribution in [0, 0.1) is 74.5 Å². The van der Waals surface area contributed by atoms with E-state index in [0.29, 0.717) is 71.0 Å². The Morgan fingerprint density at radius 2 is 0.557 bits per heavy atom. The van der Waals surface area contributed by atoms with Crippen molar-refractivity contribution in [2.45, 2.75) is 330 Å². The molecule has 0 saturated carbocycles. The van der Waals surface area contributed by atoms with Crippen molar-refractivity contribution < 1.29 is 136 Å². The number of aliphatic hydroxyl groups is 3. The first kappa shape index (κ1) is 122. The van der Waals surface area contributed by atoms with E-state index in [1.807, 2.05) is 108 Å². The molecular formula is C105H143F14Mo3N5O4-2. The number of aromatic nitrogens is 2. The molecule has 26 heteroatoms. The minimum absolute atomic E-state index is 0.0292. The standard InChI is InChI=1S/C31H40O.2C12H17N.C10H12.C6F5N.2C6H8N.2C5H10.3C4H7F3O.3Mo/c1-20-14-21(16-23(15-20)29(2,3)4)26-12-11-13-27(28(26)32)22-17-24(30(5,6)7)19-25(18-22)31(8,9)10;2*1-8(2)10-6-5-7-11(9(3)4)12(10)13;1-10(2,3)9-7-5-4-6-8-9;7-1-2(8)4(10)6(12)5(11)3(1)9;2*1-5-3-4-6(2)7-5;2*1-5(2,3)4;3*1-3(2,8)4(5,6)7;;;/h11-19,32H,1-10H3;2*5-9H,1-4H3;1,4-8H,2-3H3;;2*3-4H,1-2H3;2*1H,2-4H3;3*8H,1-2H3;;;/q;;;;;2*-1;;;;;;;;. The monoisotopic (exact) mass is 2100 g/mol. The molecule has 4 N–H and O–H groups in total. The number of phenolic OH excluding ortho intramolecular Hbond substituents is 1. The van der Waals surface area contributed by atoms with Gasteiger partial charge in [0.15, 0.2) is 16.8 Å². The van der Waals surface area contributed by atoms with Gasteiger partial charge in [0.05, 0.1) is 0 Å². The predicted molar refractivity (Wildman–Crippen MR) is 504 cm³/mol. The quantitative estimate of drug-likeness (QED) is 0.0439. The zero-order chi connectivity index (χ0) is 102. The van der Waals surface area contributed by atoms with Gasteiger partial charge in [-0.15, -0.1) is 0 Å². The Bertz CT molecular complexity index is 4940. The molecule has 131 heavy (non-hydrogen) atoms. The first-order chi connectivity index (χ1) is 59.1. The summed E-state index contributed by atoms with van der Waals surface area (Å²) in [4.78, 5) is 8.22. The second-order valence-corrected chi connectivity index (χ2v) is 45.5. The Morgan fingerprint density at radius 1 is 0.305 bits per heavy atom. The van der Waals surface area contributed by atoms with Crippen LogP contribution in [0.4, 0.5) is 78.5 Å². The molecule has 0 bridgehead atoms. The Balaban J connectivity index is 0.000000779. The van der Waals surface area contributed by atoms with Gasteiger partial charge in [0, 0.05) is 11.1 Å². The molecule has 0 saturated heterocycles. The van der Waals surface area contributed by atoms with E-state index in [9.17, 15) is 66.6 Å². The van der Waals surface area contributed by atoms with E-state index < -0.39 is 129 Å². The molecule has 7 aromatic carbocycles. The Morgan fingerprint density at radius 3 is 0.809 bits per heavy atom. The number of aromatic hydroxyl groups is 1. The van der Waals surface area contributed by atoms with Crippen molar-refractivity contribution in [3.63, 3.8) is 0 Å². The van der Waals surface area contributed by atoms with E-state index in [0.717, 1.165) is 50.6 Å². The van der Waals surface area contributed by atoms with Crippen molar-refractivity contribution >= 4 is 30.3 Å². The number of phenols is 1. The summed E-state index contributed by atoms with van der Waals surface area (Å²) in [5, 5.41) is 36.2. The van der Waals surface area contributed by atoms with Crippen molar-refractivity contribution in [3.05, 3.63) is 248 Å². The maximum atomic E-state index is 13.5. The summed E-state index contributed by atoms with van der Waals surface area (Å²) in [6.45, 7) is 69.8. The number of halogens is 14. The van der Waals surface area contributed by atoms with Crippen LogP contribution in [0.15, 0.2) is 156 Å². The first-order valence-corrected chi connectivity index (χ1v) is 49.3. The van der Waals surface area contributed by atoms with Crippen molar-refractivity contribution in [1.82, 2.24) is 9.97 Å². The number of rotatable bonds is 11. The zero-order valence-corrected chi connectivity index (χ0v) is 89.5. The van der Waals surface area contributed by atoms with Gasteiger partial charge < -0.3 is 30.4 Å². The third kappa shape index (κ3) is 42.8. The minimum atomic E-state index is -4.51. The van der Waals surface area contributed by atoms with Crippen LogP contribution in [0.25, 0.3) is 22.3 Å². The second-order valence-electron chi connectivity index (χ2n) is 40.8. The molecule has 0 aliphatic carbocycles. The van der Waals surface area contributed by atoms with Crippen molar-refractivity contribution in [1.29, 1.82) is 0 Å². The van der Waals surface area contributed by atoms with Gasteiger partial charge in [0.2, 0.25) is 0 Å². The van der Waals surface area contributed by atoms with Crippen molar-refractivity contribution in [3.8, 4) is 28.0 Å². The minimum Gasteiger partial charge on any atom is -0.665 e. The van der Waals surface area contributed by atoms with Crippen LogP contribution < -0.4 is 9.97 Å². The number of para-hydroxylation sites is 1. The summed E-state index contributed by atoms with van der Waals surface area (Å²) in [7, 11) is 0. The molecule has 0 amide bonds. The Kier molecular flexibility index (Phi) is 47.1. The number of hydrogen-bond acceptors (Lipinski definition) is 7. The van der Waals surface area contributed by atoms with Crippen LogP contribution in [0.2, 0.25) is 0 Å². The fourth-order valence-electron chi connectivity index (χ4n) is 10.7. The van der Waals surface area contributed by atoms with E-state index in [-0.39, 0.29) is 27.1 Å². The van der Waals surface area contributed by atoms with Crippen LogP contribution in [0.3, 0.4) is 0 Å². The summed E-state index contributed by atoms with van der Waals surface area (Å²) in [6.07, 6.45) is -13.5. The van der Waals surface area contributed by atoms with Gasteiger partial charge in [-0.3, -0.25) is 0 Å². The van der Waals surface area contributed by atoms with Gasteiger partial charge in [-0.1, -0.05) is 174 Å². The van der Waals surface area contributed by atoms with E-state index in [1.165, 1.54) is 55.9 Å². The molecule has 0 atom stereocenters. The Labute approximate surface area is 796 Å². The topological polar surface area (TPSA) is 146 Å². The van der Waals surface area contributed by atoms with Crippen LogP contribution >= 0.6 is 0 Å². The number of alkyl halides is 9. The molecule has 0 spiro atoms. The zero-order valence-electron chi connectivity index (χ0n) is 83.4. The maximum absolute atomic E-state index is 13.5. The molecule has 0 aliphatic heterocycles. The van der Waals surface area contributed by atoms with Gasteiger partial charge in [-0.25, -0.2) is 0 Å². The Hall–Kier alpha value is -7.13. The molecule has 0 unspecified atom stereocenters. The molecule has 0 aliphatic rings. The molecule has 9 nitrogen and oxygen atoms in total. The summed E-state index contributed by atoms with van der Waals surface area (Å²) < 4.78 is 188. The van der Waals surface area contributed by atoms with Crippen LogP contribution in [-0.2, 0) is 75.4 Å². The largest absolute Gasteiger partial charge is 0.665 e. The number of hydrogen-bond donors (Lipinski definition) is 4. The van der Waals surface area contributed by atoms with Gasteiger partial charge in [0.1, 0.15) is 5.75 Å². The number of benzene rings is 7. The van der Waals surface area contributed by atoms with Gasteiger partial charge in [-0.05, 0) is 92.5 Å². The third-order valence-electron chi connectivity index (χ3n) is 19.2. The molecule has 9 aromatic rings. The smallest absolute Gasteiger partial charge is 0.131 e. The number of aryl methyl sites for hydroxylation is 5. The van der Waals surface area contributed by atoms with Gasteiger partial charge >= 0.3 is 409 Å². The van der Waals surface area contributed by atoms with E-state index in [1.54, 1.807) is 4.40 Å². The summed E-state index contributed by atoms with van der Waals surface area (Å²) >= 11 is -2.30. The average Bonchev–Trinajstić information content (AvgIpc) is 1.37. The molecule has 2 heterocycles. The van der Waals surface area contributed by atoms with Gasteiger partial charge in [-0.2, -0.15) is 62.3 Å². The van der Waals surface area contributed by atoms with Crippen LogP contribution in [-0.4, -0.2) is 69.0 Å². The normalized spacial score (nSPS) is 12.2. The average molecular weight is 2090 g/mol. The summed E-state index contributed by atoms with van der Waals surface area (Å²) in [6, 6.07) is 50.2. The van der Waals surface area contributed by atoms with Crippen molar-refractivity contribution in [2.24, 2.45) is 21.3 Å². The molecular weight excluding hydrogens is 1950 g/mol. The first-order valence-electron chi connectivity index (χ1n) is 43.2. The van der Waals surface area contributed by atoms with E-state index in [4.69, 9.17) is 22.3 Å². The van der Waals surface area contributed by atoms with E-state index in [2.05, 4.69) is 267 Å². The van der Waals surface area contributed by atoms with Gasteiger partial charge in [0.25, 0.3) is 0 Å². The third-order valence-corrected chi connectivity index (χ3v) is 27.0. The second kappa shape index (κ2) is 50.6. The summed E-state index contributed by atoms with van der Waals surface area (Å²) in [5.41, 5.74) is 14.0. The molecule has 9 rings (SSSR count). The molecule has 730 valence electrons. The molecule has 2 aromatic heterocycles. The van der Waals surface area contributed by atoms with E-state index >= 15 is 0 Å². The summed E-state index contributed by atoms with van der Waals surface area (Å²) in [5.74, 6) is -7.39. The fraction of sp³-hybridized carbons (Fsp3) is 0.495. The van der Waals surface area contributed by atoms with Crippen LogP contribution in [0.1, 0.15) is 311 Å². The van der Waals surface area contributed by atoms with Crippen LogP contribution in [0.5, 0.6) is 5.75 Å². The molecule has 0 radical (unpaired) electrons. The SMILES string of the molecule is CC(C)(O)C(F)(F)F.CC(C)(O)C(F)(F)F.CC(C)(O)C(F)(F)F.CC(C)([CH]=[Mo]=[N]c1c(F)c(F)c(F)c(F)c1F)c1ccccc1.CC(C)c1cccc(C(C)C)c1[N]=[Mo]=[CH]C(C)(C)C.CC(C)c1cccc(C(C)C)c1[N]=[Mo]=[CH]C(C)(C)C.Cc1cc(-c2cccc(-c3cc(C(C)(C)C)cc(C(C)(C)C)c3)c2O)cc(C(C)(C)C)c1.Cc1ccc(C)[n-]1.Cc1ccc(C)[n-]1. The maximum Gasteiger partial charge on any atom is 0.131 e. The van der Waals surface area contributed by atoms with Crippen molar-refractivity contribution in [2.75, 3.05) is 0 Å². The number of nitrogens with zero attached hydrogens (tertiary/aromatic N) is 5.